The zero-order chi connectivity index (χ0) is 20.5. The number of aromatic nitrogens is 2. The van der Waals surface area contributed by atoms with E-state index in [-0.39, 0.29) is 24.0 Å². The molecule has 0 radical (unpaired) electrons. The van der Waals surface area contributed by atoms with Crippen LogP contribution in [-0.4, -0.2) is 29.1 Å². The number of rotatable bonds is 9. The molecule has 3 aromatic rings. The standard InChI is InChI=1S/C20H22N6O3/c1-2-28-16-11-7-6-10-15(16)24-19-18(21)20(23-13-22-19)26-25-17(27)12-29-14-8-4-3-5-9-14/h3-11,13H,2,12,21H2,1H3,(H,25,27)(H2,22,23,24,26). The Balaban J connectivity index is 1.61. The lowest BCUT2D eigenvalue weighted by molar-refractivity contribution is -0.122. The van der Waals surface area contributed by atoms with Gasteiger partial charge in [-0.25, -0.2) is 9.97 Å². The predicted octanol–water partition coefficient (Wildman–Crippen LogP) is 2.72. The number of nitrogens with two attached hydrogens (primary N) is 1. The van der Waals surface area contributed by atoms with Crippen molar-refractivity contribution in [2.75, 3.05) is 29.7 Å². The van der Waals surface area contributed by atoms with Gasteiger partial charge >= 0.3 is 0 Å². The highest BCUT2D eigenvalue weighted by Crippen LogP contribution is 2.30. The minimum absolute atomic E-state index is 0.158. The van der Waals surface area contributed by atoms with Crippen molar-refractivity contribution in [3.8, 4) is 11.5 Å². The van der Waals surface area contributed by atoms with Gasteiger partial charge in [0.1, 0.15) is 23.5 Å². The summed E-state index contributed by atoms with van der Waals surface area (Å²) in [4.78, 5) is 20.2. The summed E-state index contributed by atoms with van der Waals surface area (Å²) in [6, 6.07) is 16.5. The van der Waals surface area contributed by atoms with Crippen molar-refractivity contribution in [2.24, 2.45) is 0 Å². The van der Waals surface area contributed by atoms with Crippen LogP contribution in [0.15, 0.2) is 60.9 Å². The first-order valence-corrected chi connectivity index (χ1v) is 8.99. The molecule has 0 saturated carbocycles. The average molecular weight is 394 g/mol. The first-order valence-electron chi connectivity index (χ1n) is 8.99. The van der Waals surface area contributed by atoms with Gasteiger partial charge in [-0.15, -0.1) is 0 Å². The molecule has 9 nitrogen and oxygen atoms in total. The molecule has 5 N–H and O–H groups in total. The molecular weight excluding hydrogens is 372 g/mol. The Morgan fingerprint density at radius 2 is 1.72 bits per heavy atom. The lowest BCUT2D eigenvalue weighted by Crippen LogP contribution is -2.34. The second-order valence-corrected chi connectivity index (χ2v) is 5.81. The van der Waals surface area contributed by atoms with Crippen molar-refractivity contribution in [1.82, 2.24) is 15.4 Å². The fourth-order valence-corrected chi connectivity index (χ4v) is 2.40. The second-order valence-electron chi connectivity index (χ2n) is 5.81. The van der Waals surface area contributed by atoms with E-state index in [1.165, 1.54) is 6.33 Å². The Bertz CT molecular complexity index is 952. The Hall–Kier alpha value is -4.01. The van der Waals surface area contributed by atoms with Crippen LogP contribution in [0.4, 0.5) is 23.0 Å². The summed E-state index contributed by atoms with van der Waals surface area (Å²) in [6.07, 6.45) is 1.33. The van der Waals surface area contributed by atoms with Gasteiger partial charge in [0, 0.05) is 0 Å². The number of carbonyl (C=O) groups excluding carboxylic acids is 1. The third kappa shape index (κ3) is 5.48. The van der Waals surface area contributed by atoms with Crippen LogP contribution in [0.25, 0.3) is 0 Å². The minimum atomic E-state index is -0.386. The van der Waals surface area contributed by atoms with Crippen LogP contribution in [0.1, 0.15) is 6.92 Å². The SMILES string of the molecule is CCOc1ccccc1Nc1ncnc(NNC(=O)COc2ccccc2)c1N. The number of para-hydroxylation sites is 3. The van der Waals surface area contributed by atoms with Gasteiger partial charge in [0.25, 0.3) is 5.91 Å². The first kappa shape index (κ1) is 19.7. The summed E-state index contributed by atoms with van der Waals surface area (Å²) in [5.74, 6) is 1.52. The summed E-state index contributed by atoms with van der Waals surface area (Å²) < 4.78 is 11.0. The Kier molecular flexibility index (Phi) is 6.66. The van der Waals surface area contributed by atoms with Gasteiger partial charge < -0.3 is 20.5 Å². The lowest BCUT2D eigenvalue weighted by Gasteiger charge is -2.15. The van der Waals surface area contributed by atoms with Gasteiger partial charge in [0.15, 0.2) is 18.2 Å². The highest BCUT2D eigenvalue weighted by molar-refractivity contribution is 5.82. The molecule has 0 unspecified atom stereocenters. The largest absolute Gasteiger partial charge is 0.492 e. The van der Waals surface area contributed by atoms with E-state index < -0.39 is 0 Å². The van der Waals surface area contributed by atoms with Crippen LogP contribution in [0, 0.1) is 0 Å². The van der Waals surface area contributed by atoms with E-state index in [4.69, 9.17) is 15.2 Å². The molecule has 3 rings (SSSR count). The molecule has 1 heterocycles. The summed E-state index contributed by atoms with van der Waals surface area (Å²) in [7, 11) is 0. The fraction of sp³-hybridized carbons (Fsp3) is 0.150. The molecule has 0 saturated heterocycles. The van der Waals surface area contributed by atoms with E-state index in [1.807, 2.05) is 49.4 Å². The van der Waals surface area contributed by atoms with E-state index in [0.717, 1.165) is 0 Å². The van der Waals surface area contributed by atoms with Crippen LogP contribution in [0.2, 0.25) is 0 Å². The smallest absolute Gasteiger partial charge is 0.276 e. The molecule has 0 spiro atoms. The highest BCUT2D eigenvalue weighted by atomic mass is 16.5. The van der Waals surface area contributed by atoms with E-state index in [1.54, 1.807) is 12.1 Å². The van der Waals surface area contributed by atoms with Crippen molar-refractivity contribution in [3.05, 3.63) is 60.9 Å². The molecule has 0 atom stereocenters. The van der Waals surface area contributed by atoms with E-state index in [2.05, 4.69) is 26.1 Å². The van der Waals surface area contributed by atoms with Gasteiger partial charge in [-0.05, 0) is 31.2 Å². The molecule has 0 aliphatic heterocycles. The number of hydrogen-bond donors (Lipinski definition) is 4. The summed E-state index contributed by atoms with van der Waals surface area (Å²) in [5, 5.41) is 3.12. The number of nitrogens with zero attached hydrogens (tertiary/aromatic N) is 2. The summed E-state index contributed by atoms with van der Waals surface area (Å²) in [6.45, 7) is 2.28. The Morgan fingerprint density at radius 3 is 2.52 bits per heavy atom. The molecule has 1 aromatic heterocycles. The van der Waals surface area contributed by atoms with E-state index in [9.17, 15) is 4.79 Å². The topological polar surface area (TPSA) is 123 Å². The maximum absolute atomic E-state index is 12.0. The zero-order valence-electron chi connectivity index (χ0n) is 15.9. The molecule has 1 amide bonds. The third-order valence-corrected chi connectivity index (χ3v) is 3.76. The monoisotopic (exact) mass is 394 g/mol. The lowest BCUT2D eigenvalue weighted by atomic mass is 10.3. The number of amides is 1. The molecule has 0 fully saturated rings. The highest BCUT2D eigenvalue weighted by Gasteiger charge is 2.11. The molecule has 0 aliphatic rings. The van der Waals surface area contributed by atoms with Crippen molar-refractivity contribution >= 4 is 28.9 Å². The maximum Gasteiger partial charge on any atom is 0.276 e. The normalized spacial score (nSPS) is 10.1. The van der Waals surface area contributed by atoms with Crippen LogP contribution >= 0.6 is 0 Å². The zero-order valence-corrected chi connectivity index (χ0v) is 15.9. The van der Waals surface area contributed by atoms with Gasteiger partial charge in [0.2, 0.25) is 0 Å². The van der Waals surface area contributed by atoms with Gasteiger partial charge in [0.05, 0.1) is 12.3 Å². The van der Waals surface area contributed by atoms with Crippen molar-refractivity contribution in [2.45, 2.75) is 6.92 Å². The number of hydrogen-bond acceptors (Lipinski definition) is 8. The van der Waals surface area contributed by atoms with Gasteiger partial charge in [-0.1, -0.05) is 30.3 Å². The third-order valence-electron chi connectivity index (χ3n) is 3.76. The molecule has 9 heteroatoms. The van der Waals surface area contributed by atoms with Crippen molar-refractivity contribution < 1.29 is 14.3 Å². The molecule has 0 aliphatic carbocycles. The Morgan fingerprint density at radius 1 is 1.00 bits per heavy atom. The molecule has 2 aromatic carbocycles. The number of hydrazine groups is 1. The van der Waals surface area contributed by atoms with Crippen LogP contribution in [-0.2, 0) is 4.79 Å². The molecular formula is C20H22N6O3. The number of nitrogens with one attached hydrogen (secondary N) is 3. The average Bonchev–Trinajstić information content (AvgIpc) is 2.75. The van der Waals surface area contributed by atoms with Crippen LogP contribution in [0.5, 0.6) is 11.5 Å². The number of nitrogen functional groups attached to an aromatic ring is 1. The molecule has 0 bridgehead atoms. The first-order chi connectivity index (χ1) is 14.2. The van der Waals surface area contributed by atoms with Gasteiger partial charge in [-0.2, -0.15) is 0 Å². The van der Waals surface area contributed by atoms with E-state index in [0.29, 0.717) is 29.6 Å². The van der Waals surface area contributed by atoms with Gasteiger partial charge in [-0.3, -0.25) is 15.6 Å². The number of ether oxygens (including phenoxy) is 2. The van der Waals surface area contributed by atoms with Crippen LogP contribution in [0.3, 0.4) is 0 Å². The summed E-state index contributed by atoms with van der Waals surface area (Å²) >= 11 is 0. The molecule has 29 heavy (non-hydrogen) atoms. The quantitative estimate of drug-likeness (QED) is 0.409. The Labute approximate surface area is 168 Å². The van der Waals surface area contributed by atoms with Crippen LogP contribution < -0.4 is 31.4 Å². The van der Waals surface area contributed by atoms with Crippen molar-refractivity contribution in [1.29, 1.82) is 0 Å². The number of benzene rings is 2. The van der Waals surface area contributed by atoms with Crippen molar-refractivity contribution in [3.63, 3.8) is 0 Å². The summed E-state index contributed by atoms with van der Waals surface area (Å²) in [5.41, 5.74) is 12.3. The fourth-order valence-electron chi connectivity index (χ4n) is 2.40. The number of carbonyl (C=O) groups is 1. The van der Waals surface area contributed by atoms with E-state index >= 15 is 0 Å². The minimum Gasteiger partial charge on any atom is -0.492 e. The molecule has 150 valence electrons. The maximum atomic E-state index is 12.0. The predicted molar refractivity (Wildman–Crippen MR) is 111 cm³/mol. The number of anilines is 4. The second kappa shape index (κ2) is 9.79.